The van der Waals surface area contributed by atoms with E-state index in [2.05, 4.69) is 58.2 Å². The van der Waals surface area contributed by atoms with Crippen LogP contribution < -0.4 is 25.5 Å². The molecule has 0 fully saturated rings. The van der Waals surface area contributed by atoms with Gasteiger partial charge in [-0.25, -0.2) is 9.18 Å². The maximum absolute atomic E-state index is 16.3. The van der Waals surface area contributed by atoms with Crippen molar-refractivity contribution in [3.8, 4) is 17.6 Å². The average Bonchev–Trinajstić information content (AvgIpc) is 2.88. The van der Waals surface area contributed by atoms with E-state index in [-0.39, 0.29) is 39.5 Å². The quantitative estimate of drug-likeness (QED) is 0.164. The van der Waals surface area contributed by atoms with Gasteiger partial charge in [0.25, 0.3) is 8.32 Å². The van der Waals surface area contributed by atoms with Gasteiger partial charge < -0.3 is 30.3 Å². The standard InChI is InChI=1S/C31H45FN4O4SSi/c1-18(2)42(19(3)4,20(5)6)40-26-15-24(38-10)14-25(27(26)32)28(29(34)41)36-23-12-11-21(16-33)22(13-23)17-35-30(37)39-31(7,8)9/h11-15,18-20,28,36H,17H2,1-10H3,(H2,34,41)(H,35,37). The number of thiocarbonyl (C=S) groups is 1. The fourth-order valence-corrected chi connectivity index (χ4v) is 10.9. The molecule has 0 heterocycles. The van der Waals surface area contributed by atoms with Gasteiger partial charge in [0.05, 0.1) is 18.7 Å². The molecule has 4 N–H and O–H groups in total. The molecule has 2 rings (SSSR count). The fraction of sp³-hybridized carbons (Fsp3) is 0.516. The van der Waals surface area contributed by atoms with Gasteiger partial charge in [-0.3, -0.25) is 0 Å². The van der Waals surface area contributed by atoms with Gasteiger partial charge in [0.15, 0.2) is 5.82 Å². The molecule has 2 aromatic carbocycles. The molecule has 2 aromatic rings. The molecule has 1 atom stereocenters. The summed E-state index contributed by atoms with van der Waals surface area (Å²) < 4.78 is 33.9. The minimum atomic E-state index is -2.50. The minimum Gasteiger partial charge on any atom is -0.541 e. The highest BCUT2D eigenvalue weighted by Crippen LogP contribution is 2.45. The van der Waals surface area contributed by atoms with Gasteiger partial charge in [-0.05, 0) is 67.2 Å². The summed E-state index contributed by atoms with van der Waals surface area (Å²) >= 11 is 5.38. The Balaban J connectivity index is 2.53. The maximum atomic E-state index is 16.3. The molecule has 0 radical (unpaired) electrons. The van der Waals surface area contributed by atoms with Gasteiger partial charge >= 0.3 is 6.09 Å². The summed E-state index contributed by atoms with van der Waals surface area (Å²) in [4.78, 5) is 12.2. The van der Waals surface area contributed by atoms with Gasteiger partial charge in [-0.1, -0.05) is 53.8 Å². The van der Waals surface area contributed by atoms with Crippen LogP contribution in [-0.2, 0) is 11.3 Å². The summed E-state index contributed by atoms with van der Waals surface area (Å²) in [6, 6.07) is 9.29. The van der Waals surface area contributed by atoms with Crippen molar-refractivity contribution in [2.24, 2.45) is 5.73 Å². The lowest BCUT2D eigenvalue weighted by atomic mass is 10.0. The number of hydrogen-bond donors (Lipinski definition) is 3. The summed E-state index contributed by atoms with van der Waals surface area (Å²) in [6.45, 7) is 18.1. The second-order valence-electron chi connectivity index (χ2n) is 12.3. The van der Waals surface area contributed by atoms with E-state index >= 15 is 4.39 Å². The van der Waals surface area contributed by atoms with Crippen LogP contribution in [0.5, 0.6) is 11.5 Å². The van der Waals surface area contributed by atoms with E-state index in [1.54, 1.807) is 51.1 Å². The maximum Gasteiger partial charge on any atom is 0.407 e. The predicted molar refractivity (Wildman–Crippen MR) is 172 cm³/mol. The number of anilines is 1. The van der Waals surface area contributed by atoms with Crippen molar-refractivity contribution in [1.82, 2.24) is 5.32 Å². The van der Waals surface area contributed by atoms with Crippen molar-refractivity contribution in [3.63, 3.8) is 0 Å². The molecule has 1 amide bonds. The molecule has 0 saturated heterocycles. The largest absolute Gasteiger partial charge is 0.541 e. The second kappa shape index (κ2) is 14.2. The van der Waals surface area contributed by atoms with Crippen LogP contribution in [-0.4, -0.2) is 32.1 Å². The Labute approximate surface area is 256 Å². The lowest BCUT2D eigenvalue weighted by Gasteiger charge is -2.42. The van der Waals surface area contributed by atoms with E-state index in [1.165, 1.54) is 7.11 Å². The molecule has 42 heavy (non-hydrogen) atoms. The number of carbonyl (C=O) groups excluding carboxylic acids is 1. The van der Waals surface area contributed by atoms with E-state index in [0.29, 0.717) is 22.6 Å². The molecule has 0 aliphatic heterocycles. The third-order valence-corrected chi connectivity index (χ3v) is 13.4. The first-order valence-electron chi connectivity index (χ1n) is 14.1. The lowest BCUT2D eigenvalue weighted by molar-refractivity contribution is 0.0523. The number of halogens is 1. The minimum absolute atomic E-state index is 0.00554. The van der Waals surface area contributed by atoms with Gasteiger partial charge in [-0.15, -0.1) is 0 Å². The van der Waals surface area contributed by atoms with E-state index < -0.39 is 31.9 Å². The summed E-state index contributed by atoms with van der Waals surface area (Å²) in [5.41, 5.74) is 7.76. The molecule has 1 unspecified atom stereocenters. The first-order chi connectivity index (χ1) is 19.5. The Morgan fingerprint density at radius 3 is 2.17 bits per heavy atom. The molecular formula is C31H45FN4O4SSi. The number of ether oxygens (including phenoxy) is 2. The molecule has 0 saturated carbocycles. The number of benzene rings is 2. The van der Waals surface area contributed by atoms with E-state index in [4.69, 9.17) is 31.9 Å². The number of nitriles is 1. The fourth-order valence-electron chi connectivity index (χ4n) is 5.43. The summed E-state index contributed by atoms with van der Waals surface area (Å²) in [5.74, 6) is -0.0525. The van der Waals surface area contributed by atoms with Crippen LogP contribution in [0.2, 0.25) is 16.6 Å². The third-order valence-electron chi connectivity index (χ3n) is 7.22. The molecular weight excluding hydrogens is 572 g/mol. The van der Waals surface area contributed by atoms with Crippen LogP contribution in [0.15, 0.2) is 30.3 Å². The van der Waals surface area contributed by atoms with E-state index in [0.717, 1.165) is 0 Å². The van der Waals surface area contributed by atoms with Gasteiger partial charge in [0.2, 0.25) is 0 Å². The van der Waals surface area contributed by atoms with E-state index in [9.17, 15) is 10.1 Å². The first kappa shape index (κ1) is 34.8. The molecule has 0 spiro atoms. The topological polar surface area (TPSA) is 119 Å². The van der Waals surface area contributed by atoms with Crippen molar-refractivity contribution >= 4 is 37.3 Å². The number of methoxy groups -OCH3 is 1. The number of alkyl carbamates (subject to hydrolysis) is 1. The number of rotatable bonds is 12. The van der Waals surface area contributed by atoms with Gasteiger partial charge in [-0.2, -0.15) is 5.26 Å². The van der Waals surface area contributed by atoms with Crippen LogP contribution in [0.1, 0.15) is 85.0 Å². The highest BCUT2D eigenvalue weighted by atomic mass is 32.1. The highest BCUT2D eigenvalue weighted by Gasteiger charge is 2.47. The van der Waals surface area contributed by atoms with Crippen molar-refractivity contribution in [2.75, 3.05) is 12.4 Å². The zero-order valence-electron chi connectivity index (χ0n) is 26.3. The molecule has 0 aliphatic rings. The van der Waals surface area contributed by atoms with Crippen LogP contribution in [0.3, 0.4) is 0 Å². The monoisotopic (exact) mass is 616 g/mol. The van der Waals surface area contributed by atoms with Crippen molar-refractivity contribution in [1.29, 1.82) is 5.26 Å². The Bertz CT molecular complexity index is 1300. The Kier molecular flexibility index (Phi) is 11.8. The van der Waals surface area contributed by atoms with Crippen LogP contribution in [0, 0.1) is 17.1 Å². The highest BCUT2D eigenvalue weighted by molar-refractivity contribution is 7.80. The SMILES string of the molecule is COc1cc(O[Si](C(C)C)(C(C)C)C(C)C)c(F)c(C(Nc2ccc(C#N)c(CNC(=O)OC(C)(C)C)c2)C(N)=S)c1. The zero-order chi connectivity index (χ0) is 32.0. The molecule has 0 bridgehead atoms. The zero-order valence-corrected chi connectivity index (χ0v) is 28.2. The summed E-state index contributed by atoms with van der Waals surface area (Å²) in [5, 5.41) is 15.5. The first-order valence-corrected chi connectivity index (χ1v) is 16.6. The third kappa shape index (κ3) is 8.35. The average molecular weight is 617 g/mol. The van der Waals surface area contributed by atoms with E-state index in [1.807, 2.05) is 0 Å². The lowest BCUT2D eigenvalue weighted by Crippen LogP contribution is -2.51. The molecule has 0 aromatic heterocycles. The normalized spacial score (nSPS) is 12.6. The van der Waals surface area contributed by atoms with Crippen LogP contribution >= 0.6 is 12.2 Å². The molecule has 11 heteroatoms. The van der Waals surface area contributed by atoms with Crippen molar-refractivity contribution in [2.45, 2.75) is 97.1 Å². The van der Waals surface area contributed by atoms with Crippen molar-refractivity contribution < 1.29 is 23.1 Å². The number of nitrogens with two attached hydrogens (primary N) is 1. The number of nitrogens with one attached hydrogen (secondary N) is 2. The van der Waals surface area contributed by atoms with Crippen LogP contribution in [0.25, 0.3) is 0 Å². The number of carbonyl (C=O) groups is 1. The van der Waals surface area contributed by atoms with Gasteiger partial charge in [0.1, 0.15) is 28.1 Å². The summed E-state index contributed by atoms with van der Waals surface area (Å²) in [6.07, 6.45) is -0.611. The molecule has 8 nitrogen and oxygen atoms in total. The van der Waals surface area contributed by atoms with Crippen LogP contribution in [0.4, 0.5) is 14.9 Å². The van der Waals surface area contributed by atoms with Gasteiger partial charge in [0, 0.05) is 23.9 Å². The Morgan fingerprint density at radius 1 is 1.10 bits per heavy atom. The number of amides is 1. The Morgan fingerprint density at radius 2 is 1.69 bits per heavy atom. The summed E-state index contributed by atoms with van der Waals surface area (Å²) in [7, 11) is -0.995. The Hall–Kier alpha value is -3.36. The number of nitrogens with zero attached hydrogens (tertiary/aromatic N) is 1. The van der Waals surface area contributed by atoms with Crippen molar-refractivity contribution in [3.05, 3.63) is 52.8 Å². The molecule has 230 valence electrons. The predicted octanol–water partition coefficient (Wildman–Crippen LogP) is 7.72. The second-order valence-corrected chi connectivity index (χ2v) is 18.1. The smallest absolute Gasteiger partial charge is 0.407 e. The number of hydrogen-bond acceptors (Lipinski definition) is 7. The molecule has 0 aliphatic carbocycles.